The number of benzene rings is 1. The first kappa shape index (κ1) is 9.39. The van der Waals surface area contributed by atoms with Gasteiger partial charge in [-0.25, -0.2) is 0 Å². The van der Waals surface area contributed by atoms with Crippen LogP contribution in [0.2, 0.25) is 0 Å². The van der Waals surface area contributed by atoms with Crippen LogP contribution in [0.25, 0.3) is 10.9 Å². The minimum absolute atomic E-state index is 0.00931. The largest absolute Gasteiger partial charge is 0.349 e. The Labute approximate surface area is 93.3 Å². The van der Waals surface area contributed by atoms with Gasteiger partial charge in [-0.15, -0.1) is 0 Å². The molecule has 1 aliphatic carbocycles. The Morgan fingerprint density at radius 2 is 2.31 bits per heavy atom. The first-order valence-corrected chi connectivity index (χ1v) is 5.47. The zero-order valence-electron chi connectivity index (χ0n) is 9.10. The highest BCUT2D eigenvalue weighted by molar-refractivity contribution is 5.98. The highest BCUT2D eigenvalue weighted by Gasteiger charge is 2.23. The number of hydrogen-bond donors (Lipinski definition) is 1. The van der Waals surface area contributed by atoms with Crippen LogP contribution in [-0.4, -0.2) is 21.7 Å². The molecule has 1 fully saturated rings. The lowest BCUT2D eigenvalue weighted by atomic mass is 10.1. The maximum Gasteiger partial charge on any atom is 0.251 e. The third kappa shape index (κ3) is 1.66. The maximum absolute atomic E-state index is 11.8. The fourth-order valence-electron chi connectivity index (χ4n) is 1.78. The smallest absolute Gasteiger partial charge is 0.251 e. The maximum atomic E-state index is 11.8. The van der Waals surface area contributed by atoms with Gasteiger partial charge in [0, 0.05) is 30.2 Å². The van der Waals surface area contributed by atoms with Crippen molar-refractivity contribution in [2.75, 3.05) is 0 Å². The molecular weight excluding hydrogens is 202 g/mol. The predicted molar refractivity (Wildman–Crippen MR) is 61.2 cm³/mol. The number of amides is 1. The Morgan fingerprint density at radius 1 is 1.50 bits per heavy atom. The van der Waals surface area contributed by atoms with E-state index < -0.39 is 0 Å². The number of carbonyl (C=O) groups is 1. The molecule has 0 spiro atoms. The number of carbonyl (C=O) groups excluding carboxylic acids is 1. The highest BCUT2D eigenvalue weighted by atomic mass is 16.1. The molecule has 0 aliphatic heterocycles. The van der Waals surface area contributed by atoms with Gasteiger partial charge in [-0.1, -0.05) is 6.07 Å². The molecule has 4 heteroatoms. The summed E-state index contributed by atoms with van der Waals surface area (Å²) in [5.74, 6) is 0.00931. The van der Waals surface area contributed by atoms with Crippen molar-refractivity contribution in [2.45, 2.75) is 18.9 Å². The highest BCUT2D eigenvalue weighted by Crippen LogP contribution is 2.20. The van der Waals surface area contributed by atoms with Crippen LogP contribution >= 0.6 is 0 Å². The van der Waals surface area contributed by atoms with Crippen LogP contribution in [0.5, 0.6) is 0 Å². The van der Waals surface area contributed by atoms with Crippen LogP contribution in [0, 0.1) is 0 Å². The van der Waals surface area contributed by atoms with E-state index >= 15 is 0 Å². The quantitative estimate of drug-likeness (QED) is 0.824. The molecule has 0 unspecified atom stereocenters. The van der Waals surface area contributed by atoms with Crippen LogP contribution in [0.3, 0.4) is 0 Å². The van der Waals surface area contributed by atoms with Gasteiger partial charge in [0.15, 0.2) is 0 Å². The average molecular weight is 215 g/mol. The Kier molecular flexibility index (Phi) is 1.96. The lowest BCUT2D eigenvalue weighted by Crippen LogP contribution is -2.25. The molecule has 1 aromatic carbocycles. The Morgan fingerprint density at radius 3 is 3.06 bits per heavy atom. The Bertz CT molecular complexity index is 554. The van der Waals surface area contributed by atoms with Crippen molar-refractivity contribution in [2.24, 2.45) is 7.05 Å². The molecule has 16 heavy (non-hydrogen) atoms. The summed E-state index contributed by atoms with van der Waals surface area (Å²) < 4.78 is 1.76. The van der Waals surface area contributed by atoms with Gasteiger partial charge in [0.1, 0.15) is 0 Å². The molecule has 1 heterocycles. The number of fused-ring (bicyclic) bond motifs is 1. The summed E-state index contributed by atoms with van der Waals surface area (Å²) >= 11 is 0. The van der Waals surface area contributed by atoms with Crippen molar-refractivity contribution in [1.29, 1.82) is 0 Å². The van der Waals surface area contributed by atoms with Crippen LogP contribution < -0.4 is 5.32 Å². The van der Waals surface area contributed by atoms with Crippen LogP contribution in [0.15, 0.2) is 24.4 Å². The Hall–Kier alpha value is -1.84. The van der Waals surface area contributed by atoms with Gasteiger partial charge in [0.25, 0.3) is 5.91 Å². The first-order valence-electron chi connectivity index (χ1n) is 5.47. The van der Waals surface area contributed by atoms with Gasteiger partial charge < -0.3 is 5.32 Å². The first-order chi connectivity index (χ1) is 7.72. The zero-order chi connectivity index (χ0) is 11.1. The molecule has 1 aliphatic rings. The molecule has 0 radical (unpaired) electrons. The van der Waals surface area contributed by atoms with Gasteiger partial charge in [-0.05, 0) is 25.0 Å². The van der Waals surface area contributed by atoms with E-state index in [9.17, 15) is 4.79 Å². The number of nitrogens with one attached hydrogen (secondary N) is 1. The Balaban J connectivity index is 1.93. The van der Waals surface area contributed by atoms with Crippen molar-refractivity contribution in [3.8, 4) is 0 Å². The molecule has 1 N–H and O–H groups in total. The summed E-state index contributed by atoms with van der Waals surface area (Å²) in [6.45, 7) is 0. The lowest BCUT2D eigenvalue weighted by Gasteiger charge is -2.02. The van der Waals surface area contributed by atoms with Gasteiger partial charge in [0.2, 0.25) is 0 Å². The van der Waals surface area contributed by atoms with Gasteiger partial charge in [-0.3, -0.25) is 9.48 Å². The van der Waals surface area contributed by atoms with Crippen molar-refractivity contribution in [3.63, 3.8) is 0 Å². The van der Waals surface area contributed by atoms with E-state index in [0.717, 1.165) is 23.7 Å². The fraction of sp³-hybridized carbons (Fsp3) is 0.333. The third-order valence-corrected chi connectivity index (χ3v) is 2.80. The molecule has 4 nitrogen and oxygen atoms in total. The second-order valence-electron chi connectivity index (χ2n) is 4.32. The summed E-state index contributed by atoms with van der Waals surface area (Å²) in [6.07, 6.45) is 4.16. The molecular formula is C12H13N3O. The van der Waals surface area contributed by atoms with Gasteiger partial charge in [0.05, 0.1) is 5.52 Å². The molecule has 0 bridgehead atoms. The van der Waals surface area contributed by atoms with Gasteiger partial charge >= 0.3 is 0 Å². The van der Waals surface area contributed by atoms with Crippen molar-refractivity contribution in [3.05, 3.63) is 30.0 Å². The van der Waals surface area contributed by atoms with E-state index in [1.807, 2.05) is 31.4 Å². The number of hydrogen-bond acceptors (Lipinski definition) is 2. The zero-order valence-corrected chi connectivity index (χ0v) is 9.10. The summed E-state index contributed by atoms with van der Waals surface area (Å²) in [7, 11) is 1.88. The van der Waals surface area contributed by atoms with Crippen LogP contribution in [-0.2, 0) is 7.05 Å². The number of aryl methyl sites for hydroxylation is 1. The van der Waals surface area contributed by atoms with Crippen molar-refractivity contribution >= 4 is 16.8 Å². The molecule has 82 valence electrons. The standard InChI is InChI=1S/C12H13N3O/c1-15-7-9-3-2-8(6-11(9)14-15)12(16)13-10-4-5-10/h2-3,6-7,10H,4-5H2,1H3,(H,13,16). The monoisotopic (exact) mass is 215 g/mol. The summed E-state index contributed by atoms with van der Waals surface area (Å²) in [4.78, 5) is 11.8. The molecule has 1 amide bonds. The molecule has 1 aromatic heterocycles. The second-order valence-corrected chi connectivity index (χ2v) is 4.32. The summed E-state index contributed by atoms with van der Waals surface area (Å²) in [5.41, 5.74) is 1.56. The van der Waals surface area contributed by atoms with Crippen molar-refractivity contribution in [1.82, 2.24) is 15.1 Å². The van der Waals surface area contributed by atoms with E-state index in [4.69, 9.17) is 0 Å². The normalized spacial score (nSPS) is 15.3. The minimum Gasteiger partial charge on any atom is -0.349 e. The number of aromatic nitrogens is 2. The minimum atomic E-state index is 0.00931. The predicted octanol–water partition coefficient (Wildman–Crippen LogP) is 1.47. The molecule has 0 saturated heterocycles. The topological polar surface area (TPSA) is 46.9 Å². The van der Waals surface area contributed by atoms with E-state index in [0.29, 0.717) is 11.6 Å². The SMILES string of the molecule is Cn1cc2ccc(C(=O)NC3CC3)cc2n1. The summed E-state index contributed by atoms with van der Waals surface area (Å²) in [5, 5.41) is 8.32. The molecule has 2 aromatic rings. The molecule has 3 rings (SSSR count). The van der Waals surface area contributed by atoms with Gasteiger partial charge in [-0.2, -0.15) is 5.10 Å². The fourth-order valence-corrected chi connectivity index (χ4v) is 1.78. The van der Waals surface area contributed by atoms with Crippen LogP contribution in [0.1, 0.15) is 23.2 Å². The molecule has 1 saturated carbocycles. The van der Waals surface area contributed by atoms with E-state index in [2.05, 4.69) is 10.4 Å². The molecule has 0 atom stereocenters. The van der Waals surface area contributed by atoms with Crippen molar-refractivity contribution < 1.29 is 4.79 Å². The lowest BCUT2D eigenvalue weighted by molar-refractivity contribution is 0.0951. The average Bonchev–Trinajstić information content (AvgIpc) is 2.96. The number of rotatable bonds is 2. The summed E-state index contributed by atoms with van der Waals surface area (Å²) in [6, 6.07) is 6.02. The van der Waals surface area contributed by atoms with E-state index in [1.165, 1.54) is 0 Å². The van der Waals surface area contributed by atoms with E-state index in [-0.39, 0.29) is 5.91 Å². The van der Waals surface area contributed by atoms with E-state index in [1.54, 1.807) is 4.68 Å². The van der Waals surface area contributed by atoms with Crippen LogP contribution in [0.4, 0.5) is 0 Å². The number of nitrogens with zero attached hydrogens (tertiary/aromatic N) is 2. The second kappa shape index (κ2) is 3.33. The third-order valence-electron chi connectivity index (χ3n) is 2.80.